The lowest BCUT2D eigenvalue weighted by Gasteiger charge is -2.24. The quantitative estimate of drug-likeness (QED) is 0.871. The minimum atomic E-state index is 0.684. The molecule has 0 bridgehead atoms. The number of nitrogens with zero attached hydrogens (tertiary/aromatic N) is 1. The molecule has 1 aromatic heterocycles. The van der Waals surface area contributed by atoms with Crippen LogP contribution in [0.3, 0.4) is 0 Å². The van der Waals surface area contributed by atoms with Gasteiger partial charge in [-0.3, -0.25) is 0 Å². The molecule has 18 heavy (non-hydrogen) atoms. The summed E-state index contributed by atoms with van der Waals surface area (Å²) in [7, 11) is 0. The summed E-state index contributed by atoms with van der Waals surface area (Å²) in [6, 6.07) is 5.38. The van der Waals surface area contributed by atoms with Gasteiger partial charge in [-0.25, -0.2) is 0 Å². The van der Waals surface area contributed by atoms with E-state index in [9.17, 15) is 0 Å². The summed E-state index contributed by atoms with van der Waals surface area (Å²) in [5.41, 5.74) is 0. The predicted molar refractivity (Wildman–Crippen MR) is 74.8 cm³/mol. The highest BCUT2D eigenvalue weighted by atomic mass is 16.3. The highest BCUT2D eigenvalue weighted by molar-refractivity contribution is 4.98. The first-order valence-electron chi connectivity index (χ1n) is 7.25. The van der Waals surface area contributed by atoms with Gasteiger partial charge in [0.15, 0.2) is 0 Å². The SMILES string of the molecule is CC(C)N1CCCC(NCCc2ccco2)CC1. The summed E-state index contributed by atoms with van der Waals surface area (Å²) in [5.74, 6) is 1.08. The smallest absolute Gasteiger partial charge is 0.105 e. The van der Waals surface area contributed by atoms with E-state index < -0.39 is 0 Å². The van der Waals surface area contributed by atoms with E-state index in [4.69, 9.17) is 4.42 Å². The molecule has 1 aliphatic rings. The fourth-order valence-electron chi connectivity index (χ4n) is 2.69. The molecule has 2 heterocycles. The molecule has 1 aliphatic heterocycles. The largest absolute Gasteiger partial charge is 0.469 e. The van der Waals surface area contributed by atoms with Crippen molar-refractivity contribution in [2.75, 3.05) is 19.6 Å². The van der Waals surface area contributed by atoms with Gasteiger partial charge in [0.05, 0.1) is 6.26 Å². The lowest BCUT2D eigenvalue weighted by Crippen LogP contribution is -2.34. The van der Waals surface area contributed by atoms with E-state index in [-0.39, 0.29) is 0 Å². The van der Waals surface area contributed by atoms with Crippen molar-refractivity contribution in [3.05, 3.63) is 24.2 Å². The Bertz CT molecular complexity index is 321. The molecule has 0 aromatic carbocycles. The Kier molecular flexibility index (Phi) is 5.26. The first-order valence-corrected chi connectivity index (χ1v) is 7.25. The average Bonchev–Trinajstić information content (AvgIpc) is 2.73. The van der Waals surface area contributed by atoms with Crippen molar-refractivity contribution in [3.8, 4) is 0 Å². The molecule has 1 atom stereocenters. The second-order valence-electron chi connectivity index (χ2n) is 5.54. The molecule has 102 valence electrons. The van der Waals surface area contributed by atoms with Gasteiger partial charge in [-0.1, -0.05) is 0 Å². The van der Waals surface area contributed by atoms with Gasteiger partial charge < -0.3 is 14.6 Å². The first kappa shape index (κ1) is 13.6. The van der Waals surface area contributed by atoms with Crippen LogP contribution in [0.5, 0.6) is 0 Å². The molecule has 3 heteroatoms. The molecule has 1 saturated heterocycles. The lowest BCUT2D eigenvalue weighted by molar-refractivity contribution is 0.229. The third kappa shape index (κ3) is 4.14. The van der Waals surface area contributed by atoms with Crippen LogP contribution in [0, 0.1) is 0 Å². The highest BCUT2D eigenvalue weighted by Crippen LogP contribution is 2.13. The van der Waals surface area contributed by atoms with Gasteiger partial charge in [0.2, 0.25) is 0 Å². The van der Waals surface area contributed by atoms with Gasteiger partial charge >= 0.3 is 0 Å². The normalized spacial score (nSPS) is 22.3. The predicted octanol–water partition coefficient (Wildman–Crippen LogP) is 2.67. The van der Waals surface area contributed by atoms with Crippen molar-refractivity contribution in [2.24, 2.45) is 0 Å². The molecular weight excluding hydrogens is 224 g/mol. The summed E-state index contributed by atoms with van der Waals surface area (Å²) in [5, 5.41) is 3.67. The Labute approximate surface area is 111 Å². The van der Waals surface area contributed by atoms with Crippen LogP contribution in [0.1, 0.15) is 38.9 Å². The van der Waals surface area contributed by atoms with Crippen LogP contribution >= 0.6 is 0 Å². The topological polar surface area (TPSA) is 28.4 Å². The van der Waals surface area contributed by atoms with Crippen molar-refractivity contribution >= 4 is 0 Å². The molecule has 1 fully saturated rings. The third-order valence-corrected chi connectivity index (χ3v) is 3.88. The first-order chi connectivity index (χ1) is 8.75. The summed E-state index contributed by atoms with van der Waals surface area (Å²) in [6.07, 6.45) is 6.65. The second-order valence-corrected chi connectivity index (χ2v) is 5.54. The zero-order chi connectivity index (χ0) is 12.8. The Morgan fingerprint density at radius 2 is 2.28 bits per heavy atom. The monoisotopic (exact) mass is 250 g/mol. The van der Waals surface area contributed by atoms with Crippen molar-refractivity contribution in [1.82, 2.24) is 10.2 Å². The Morgan fingerprint density at radius 1 is 1.39 bits per heavy atom. The fourth-order valence-corrected chi connectivity index (χ4v) is 2.69. The van der Waals surface area contributed by atoms with Gasteiger partial charge in [0.25, 0.3) is 0 Å². The Hall–Kier alpha value is -0.800. The zero-order valence-corrected chi connectivity index (χ0v) is 11.7. The zero-order valence-electron chi connectivity index (χ0n) is 11.7. The van der Waals surface area contributed by atoms with E-state index in [0.29, 0.717) is 12.1 Å². The molecular formula is C15H26N2O. The van der Waals surface area contributed by atoms with Crippen LogP contribution in [0.4, 0.5) is 0 Å². The van der Waals surface area contributed by atoms with Gasteiger partial charge in [-0.15, -0.1) is 0 Å². The molecule has 0 spiro atoms. The lowest BCUT2D eigenvalue weighted by atomic mass is 10.1. The minimum Gasteiger partial charge on any atom is -0.469 e. The molecule has 3 nitrogen and oxygen atoms in total. The number of nitrogens with one attached hydrogen (secondary N) is 1. The van der Waals surface area contributed by atoms with E-state index in [1.165, 1.54) is 32.4 Å². The van der Waals surface area contributed by atoms with E-state index in [1.807, 2.05) is 6.07 Å². The molecule has 0 saturated carbocycles. The third-order valence-electron chi connectivity index (χ3n) is 3.88. The van der Waals surface area contributed by atoms with Crippen LogP contribution < -0.4 is 5.32 Å². The molecule has 0 radical (unpaired) electrons. The van der Waals surface area contributed by atoms with E-state index >= 15 is 0 Å². The number of rotatable bonds is 5. The summed E-state index contributed by atoms with van der Waals surface area (Å²) >= 11 is 0. The molecule has 1 N–H and O–H groups in total. The average molecular weight is 250 g/mol. The van der Waals surface area contributed by atoms with Gasteiger partial charge in [-0.05, 0) is 58.3 Å². The maximum Gasteiger partial charge on any atom is 0.105 e. The molecule has 1 unspecified atom stereocenters. The molecule has 2 rings (SSSR count). The van der Waals surface area contributed by atoms with Crippen LogP contribution in [0.15, 0.2) is 22.8 Å². The molecule has 0 aliphatic carbocycles. The van der Waals surface area contributed by atoms with E-state index in [2.05, 4.69) is 30.1 Å². The number of furan rings is 1. The Balaban J connectivity index is 1.67. The van der Waals surface area contributed by atoms with Crippen molar-refractivity contribution in [2.45, 2.75) is 51.6 Å². The van der Waals surface area contributed by atoms with E-state index in [1.54, 1.807) is 6.26 Å². The Morgan fingerprint density at radius 3 is 3.00 bits per heavy atom. The van der Waals surface area contributed by atoms with Crippen molar-refractivity contribution < 1.29 is 4.42 Å². The molecule has 0 amide bonds. The maximum atomic E-state index is 5.35. The summed E-state index contributed by atoms with van der Waals surface area (Å²) in [6.45, 7) is 8.11. The van der Waals surface area contributed by atoms with E-state index in [0.717, 1.165) is 18.7 Å². The van der Waals surface area contributed by atoms with Gasteiger partial charge in [-0.2, -0.15) is 0 Å². The molecule has 1 aromatic rings. The highest BCUT2D eigenvalue weighted by Gasteiger charge is 2.17. The van der Waals surface area contributed by atoms with Crippen molar-refractivity contribution in [1.29, 1.82) is 0 Å². The van der Waals surface area contributed by atoms with Gasteiger partial charge in [0.1, 0.15) is 5.76 Å². The number of hydrogen-bond donors (Lipinski definition) is 1. The fraction of sp³-hybridized carbons (Fsp3) is 0.733. The van der Waals surface area contributed by atoms with Crippen LogP contribution in [-0.2, 0) is 6.42 Å². The van der Waals surface area contributed by atoms with Crippen LogP contribution in [0.25, 0.3) is 0 Å². The standard InChI is InChI=1S/C15H26N2O/c1-13(2)17-10-3-5-14(8-11-17)16-9-7-15-6-4-12-18-15/h4,6,12-14,16H,3,5,7-11H2,1-2H3. The summed E-state index contributed by atoms with van der Waals surface area (Å²) in [4.78, 5) is 2.59. The van der Waals surface area contributed by atoms with Crippen molar-refractivity contribution in [3.63, 3.8) is 0 Å². The number of hydrogen-bond acceptors (Lipinski definition) is 3. The number of likely N-dealkylation sites (tertiary alicyclic amines) is 1. The van der Waals surface area contributed by atoms with Gasteiger partial charge in [0, 0.05) is 25.0 Å². The second kappa shape index (κ2) is 6.95. The minimum absolute atomic E-state index is 0.684. The summed E-state index contributed by atoms with van der Waals surface area (Å²) < 4.78 is 5.35. The van der Waals surface area contributed by atoms with Crippen LogP contribution in [0.2, 0.25) is 0 Å². The van der Waals surface area contributed by atoms with Crippen LogP contribution in [-0.4, -0.2) is 36.6 Å². The maximum absolute atomic E-state index is 5.35.